The number of rotatable bonds is 3. The first-order chi connectivity index (χ1) is 7.74. The molecule has 0 radical (unpaired) electrons. The number of nitrogen functional groups attached to an aromatic ring is 2. The molecule has 0 fully saturated rings. The lowest BCUT2D eigenvalue weighted by Crippen LogP contribution is -1.98. The summed E-state index contributed by atoms with van der Waals surface area (Å²) >= 11 is 0. The largest absolute Gasteiger partial charge is 0.489 e. The molecule has 16 heavy (non-hydrogen) atoms. The summed E-state index contributed by atoms with van der Waals surface area (Å²) in [5.41, 5.74) is 13.7. The zero-order valence-electron chi connectivity index (χ0n) is 8.89. The highest BCUT2D eigenvalue weighted by Gasteiger charge is 1.98. The summed E-state index contributed by atoms with van der Waals surface area (Å²) in [6, 6.07) is 15.1. The Labute approximate surface area is 94.6 Å². The van der Waals surface area contributed by atoms with Crippen LogP contribution in [0.4, 0.5) is 11.4 Å². The predicted molar refractivity (Wildman–Crippen MR) is 66.0 cm³/mol. The summed E-state index contributed by atoms with van der Waals surface area (Å²) in [4.78, 5) is 0. The molecule has 0 spiro atoms. The maximum absolute atomic E-state index is 5.69. The highest BCUT2D eigenvalue weighted by molar-refractivity contribution is 5.54. The van der Waals surface area contributed by atoms with Crippen molar-refractivity contribution < 1.29 is 4.74 Å². The fourth-order valence-electron chi connectivity index (χ4n) is 1.51. The molecule has 82 valence electrons. The van der Waals surface area contributed by atoms with Gasteiger partial charge in [-0.2, -0.15) is 0 Å². The van der Waals surface area contributed by atoms with Crippen LogP contribution in [0.5, 0.6) is 5.75 Å². The average Bonchev–Trinajstić information content (AvgIpc) is 2.27. The molecule has 0 aliphatic rings. The fraction of sp³-hybridized carbons (Fsp3) is 0.0769. The summed E-state index contributed by atoms with van der Waals surface area (Å²) in [6.45, 7) is 0.471. The first kappa shape index (κ1) is 10.4. The van der Waals surface area contributed by atoms with Crippen molar-refractivity contribution >= 4 is 11.4 Å². The molecule has 0 amide bonds. The summed E-state index contributed by atoms with van der Waals surface area (Å²) in [5.74, 6) is 0.837. The molecule has 0 bridgehead atoms. The number of nitrogens with two attached hydrogens (primary N) is 2. The van der Waals surface area contributed by atoms with Gasteiger partial charge in [-0.3, -0.25) is 0 Å². The van der Waals surface area contributed by atoms with Crippen molar-refractivity contribution in [2.75, 3.05) is 11.5 Å². The van der Waals surface area contributed by atoms with E-state index in [1.807, 2.05) is 42.5 Å². The van der Waals surface area contributed by atoms with Crippen molar-refractivity contribution in [1.29, 1.82) is 0 Å². The third-order valence-corrected chi connectivity index (χ3v) is 2.19. The van der Waals surface area contributed by atoms with Gasteiger partial charge in [-0.05, 0) is 35.9 Å². The van der Waals surface area contributed by atoms with Crippen LogP contribution < -0.4 is 16.2 Å². The van der Waals surface area contributed by atoms with Crippen molar-refractivity contribution in [3.63, 3.8) is 0 Å². The highest BCUT2D eigenvalue weighted by atomic mass is 16.5. The van der Waals surface area contributed by atoms with Crippen molar-refractivity contribution in [3.05, 3.63) is 54.1 Å². The van der Waals surface area contributed by atoms with Crippen LogP contribution in [0.25, 0.3) is 0 Å². The highest BCUT2D eigenvalue weighted by Crippen LogP contribution is 2.16. The first-order valence-corrected chi connectivity index (χ1v) is 5.07. The van der Waals surface area contributed by atoms with E-state index in [4.69, 9.17) is 16.2 Å². The average molecular weight is 214 g/mol. The molecule has 0 saturated heterocycles. The van der Waals surface area contributed by atoms with Gasteiger partial charge in [0.1, 0.15) is 12.4 Å². The number of anilines is 2. The zero-order valence-corrected chi connectivity index (χ0v) is 8.89. The topological polar surface area (TPSA) is 61.3 Å². The molecule has 3 nitrogen and oxygen atoms in total. The van der Waals surface area contributed by atoms with Gasteiger partial charge < -0.3 is 16.2 Å². The molecule has 2 rings (SSSR count). The Morgan fingerprint density at radius 2 is 1.50 bits per heavy atom. The van der Waals surface area contributed by atoms with Crippen molar-refractivity contribution in [1.82, 2.24) is 0 Å². The second-order valence-corrected chi connectivity index (χ2v) is 3.61. The van der Waals surface area contributed by atoms with Crippen LogP contribution in [0.3, 0.4) is 0 Å². The van der Waals surface area contributed by atoms with Crippen LogP contribution in [0.15, 0.2) is 48.5 Å². The zero-order chi connectivity index (χ0) is 11.4. The number of hydrogen-bond donors (Lipinski definition) is 2. The van der Waals surface area contributed by atoms with E-state index in [1.54, 1.807) is 6.07 Å². The lowest BCUT2D eigenvalue weighted by Gasteiger charge is -2.07. The minimum atomic E-state index is 0.471. The predicted octanol–water partition coefficient (Wildman–Crippen LogP) is 2.43. The summed E-state index contributed by atoms with van der Waals surface area (Å²) in [6.07, 6.45) is 0. The molecule has 3 heteroatoms. The maximum Gasteiger partial charge on any atom is 0.119 e. The second-order valence-electron chi connectivity index (χ2n) is 3.61. The Morgan fingerprint density at radius 1 is 0.875 bits per heavy atom. The van der Waals surface area contributed by atoms with Crippen LogP contribution in [0.2, 0.25) is 0 Å². The lowest BCUT2D eigenvalue weighted by atomic mass is 10.2. The lowest BCUT2D eigenvalue weighted by molar-refractivity contribution is 0.306. The van der Waals surface area contributed by atoms with Gasteiger partial charge in [0.2, 0.25) is 0 Å². The van der Waals surface area contributed by atoms with Crippen molar-refractivity contribution in [2.45, 2.75) is 6.61 Å². The van der Waals surface area contributed by atoms with E-state index in [9.17, 15) is 0 Å². The van der Waals surface area contributed by atoms with Gasteiger partial charge in [-0.25, -0.2) is 0 Å². The Bertz CT molecular complexity index is 448. The van der Waals surface area contributed by atoms with Crippen LogP contribution >= 0.6 is 0 Å². The first-order valence-electron chi connectivity index (χ1n) is 5.07. The molecule has 0 atom stereocenters. The van der Waals surface area contributed by atoms with E-state index in [0.29, 0.717) is 18.0 Å². The minimum Gasteiger partial charge on any atom is -0.489 e. The van der Waals surface area contributed by atoms with Gasteiger partial charge in [0.15, 0.2) is 0 Å². The normalized spacial score (nSPS) is 10.0. The van der Waals surface area contributed by atoms with Gasteiger partial charge >= 0.3 is 0 Å². The Balaban J connectivity index is 2.05. The molecule has 2 aromatic carbocycles. The summed E-state index contributed by atoms with van der Waals surface area (Å²) in [5, 5.41) is 0. The van der Waals surface area contributed by atoms with E-state index in [-0.39, 0.29) is 0 Å². The molecule has 2 aromatic rings. The number of ether oxygens (including phenoxy) is 1. The fourth-order valence-corrected chi connectivity index (χ4v) is 1.51. The van der Waals surface area contributed by atoms with E-state index >= 15 is 0 Å². The Kier molecular flexibility index (Phi) is 2.96. The monoisotopic (exact) mass is 214 g/mol. The molecule has 0 saturated carbocycles. The van der Waals surface area contributed by atoms with Gasteiger partial charge in [0.25, 0.3) is 0 Å². The maximum atomic E-state index is 5.69. The molecular formula is C13H14N2O. The standard InChI is InChI=1S/C13H14N2O/c14-11-6-10(7-12(15)8-11)9-16-13-4-2-1-3-5-13/h1-8H,9,14-15H2. The third-order valence-electron chi connectivity index (χ3n) is 2.19. The molecule has 0 aliphatic carbocycles. The minimum absolute atomic E-state index is 0.471. The molecule has 0 unspecified atom stereocenters. The molecule has 0 aliphatic heterocycles. The van der Waals surface area contributed by atoms with Crippen LogP contribution in [-0.2, 0) is 6.61 Å². The van der Waals surface area contributed by atoms with E-state index < -0.39 is 0 Å². The summed E-state index contributed by atoms with van der Waals surface area (Å²) < 4.78 is 5.59. The van der Waals surface area contributed by atoms with Gasteiger partial charge in [-0.1, -0.05) is 18.2 Å². The Hall–Kier alpha value is -2.16. The number of hydrogen-bond acceptors (Lipinski definition) is 3. The SMILES string of the molecule is Nc1cc(N)cc(COc2ccccc2)c1. The number of benzene rings is 2. The smallest absolute Gasteiger partial charge is 0.119 e. The quantitative estimate of drug-likeness (QED) is 0.771. The molecular weight excluding hydrogens is 200 g/mol. The van der Waals surface area contributed by atoms with Crippen LogP contribution in [0.1, 0.15) is 5.56 Å². The second kappa shape index (κ2) is 4.57. The van der Waals surface area contributed by atoms with E-state index in [0.717, 1.165) is 11.3 Å². The van der Waals surface area contributed by atoms with Gasteiger partial charge in [0, 0.05) is 11.4 Å². The number of para-hydroxylation sites is 1. The molecule has 4 N–H and O–H groups in total. The molecule has 0 aromatic heterocycles. The van der Waals surface area contributed by atoms with Gasteiger partial charge in [0.05, 0.1) is 0 Å². The van der Waals surface area contributed by atoms with E-state index in [2.05, 4.69) is 0 Å². The Morgan fingerprint density at radius 3 is 2.12 bits per heavy atom. The van der Waals surface area contributed by atoms with Crippen LogP contribution in [0, 0.1) is 0 Å². The van der Waals surface area contributed by atoms with E-state index in [1.165, 1.54) is 0 Å². The summed E-state index contributed by atoms with van der Waals surface area (Å²) in [7, 11) is 0. The van der Waals surface area contributed by atoms with Crippen molar-refractivity contribution in [2.24, 2.45) is 0 Å². The molecule has 0 heterocycles. The van der Waals surface area contributed by atoms with Crippen LogP contribution in [-0.4, -0.2) is 0 Å². The third kappa shape index (κ3) is 2.67. The van der Waals surface area contributed by atoms with Gasteiger partial charge in [-0.15, -0.1) is 0 Å². The van der Waals surface area contributed by atoms with Crippen molar-refractivity contribution in [3.8, 4) is 5.75 Å².